The first-order valence-corrected chi connectivity index (χ1v) is 4.21. The molecule has 0 amide bonds. The molecule has 3 N–H and O–H groups in total. The Morgan fingerprint density at radius 1 is 1.24 bits per heavy atom. The number of aromatic nitrogens is 2. The molecule has 94 valence electrons. The fourth-order valence-electron chi connectivity index (χ4n) is 0.954. The zero-order valence-corrected chi connectivity index (χ0v) is 8.09. The standard InChI is InChI=1S/C8H7F3N2O4/c9-8(10,11)7-12-1-3(2-13-7)4(14)5(15)6(16)17/h1-2,4-5,14-15H,(H,16,17). The van der Waals surface area contributed by atoms with Crippen molar-refractivity contribution in [3.63, 3.8) is 0 Å². The molecule has 0 aromatic carbocycles. The van der Waals surface area contributed by atoms with Gasteiger partial charge in [0.15, 0.2) is 6.10 Å². The van der Waals surface area contributed by atoms with Crippen LogP contribution in [0.3, 0.4) is 0 Å². The normalized spacial score (nSPS) is 15.4. The van der Waals surface area contributed by atoms with Crippen LogP contribution in [0.25, 0.3) is 0 Å². The highest BCUT2D eigenvalue weighted by Crippen LogP contribution is 2.26. The van der Waals surface area contributed by atoms with E-state index in [4.69, 9.17) is 10.2 Å². The molecule has 0 bridgehead atoms. The summed E-state index contributed by atoms with van der Waals surface area (Å²) in [6.07, 6.45) is -7.57. The molecule has 0 aliphatic rings. The first-order chi connectivity index (χ1) is 7.73. The molecule has 0 fully saturated rings. The highest BCUT2D eigenvalue weighted by Gasteiger charge is 2.35. The van der Waals surface area contributed by atoms with Crippen molar-refractivity contribution in [3.8, 4) is 0 Å². The van der Waals surface area contributed by atoms with Crippen molar-refractivity contribution >= 4 is 5.97 Å². The quantitative estimate of drug-likeness (QED) is 0.698. The number of hydrogen-bond donors (Lipinski definition) is 3. The van der Waals surface area contributed by atoms with Crippen molar-refractivity contribution in [1.29, 1.82) is 0 Å². The minimum absolute atomic E-state index is 0.326. The molecule has 1 heterocycles. The number of carbonyl (C=O) groups is 1. The Morgan fingerprint density at radius 2 is 1.71 bits per heavy atom. The van der Waals surface area contributed by atoms with Gasteiger partial charge in [-0.3, -0.25) is 0 Å². The summed E-state index contributed by atoms with van der Waals surface area (Å²) in [5.41, 5.74) is -0.326. The van der Waals surface area contributed by atoms with Gasteiger partial charge >= 0.3 is 12.1 Å². The van der Waals surface area contributed by atoms with Crippen molar-refractivity contribution < 1.29 is 33.3 Å². The van der Waals surface area contributed by atoms with Gasteiger partial charge in [-0.1, -0.05) is 0 Å². The summed E-state index contributed by atoms with van der Waals surface area (Å²) in [6.45, 7) is 0. The summed E-state index contributed by atoms with van der Waals surface area (Å²) in [5.74, 6) is -3.13. The van der Waals surface area contributed by atoms with Crippen LogP contribution >= 0.6 is 0 Å². The predicted octanol–water partition coefficient (Wildman–Crippen LogP) is -0.0257. The number of aliphatic hydroxyl groups excluding tert-OH is 2. The van der Waals surface area contributed by atoms with Gasteiger partial charge in [-0.2, -0.15) is 13.2 Å². The smallest absolute Gasteiger partial charge is 0.451 e. The number of aliphatic carboxylic acids is 1. The van der Waals surface area contributed by atoms with E-state index < -0.39 is 30.2 Å². The van der Waals surface area contributed by atoms with Gasteiger partial charge in [0.05, 0.1) is 0 Å². The number of rotatable bonds is 3. The summed E-state index contributed by atoms with van der Waals surface area (Å²) in [5, 5.41) is 26.6. The lowest BCUT2D eigenvalue weighted by Crippen LogP contribution is -2.27. The van der Waals surface area contributed by atoms with Gasteiger partial charge in [0.2, 0.25) is 5.82 Å². The van der Waals surface area contributed by atoms with E-state index in [1.165, 1.54) is 0 Å². The molecule has 0 radical (unpaired) electrons. The number of carboxylic acids is 1. The second-order valence-corrected chi connectivity index (χ2v) is 3.07. The van der Waals surface area contributed by atoms with Crippen LogP contribution in [-0.2, 0) is 11.0 Å². The van der Waals surface area contributed by atoms with Crippen LogP contribution in [0.5, 0.6) is 0 Å². The fourth-order valence-corrected chi connectivity index (χ4v) is 0.954. The largest absolute Gasteiger partial charge is 0.479 e. The lowest BCUT2D eigenvalue weighted by Gasteiger charge is -2.13. The summed E-state index contributed by atoms with van der Waals surface area (Å²) >= 11 is 0. The van der Waals surface area contributed by atoms with Gasteiger partial charge in [-0.05, 0) is 0 Å². The summed E-state index contributed by atoms with van der Waals surface area (Å²) in [6, 6.07) is 0. The minimum atomic E-state index is -4.73. The summed E-state index contributed by atoms with van der Waals surface area (Å²) in [7, 11) is 0. The first kappa shape index (κ1) is 13.3. The van der Waals surface area contributed by atoms with Gasteiger partial charge in [0, 0.05) is 18.0 Å². The number of halogens is 3. The second-order valence-electron chi connectivity index (χ2n) is 3.07. The average molecular weight is 252 g/mol. The van der Waals surface area contributed by atoms with E-state index in [0.29, 0.717) is 12.4 Å². The maximum atomic E-state index is 12.1. The third-order valence-electron chi connectivity index (χ3n) is 1.82. The van der Waals surface area contributed by atoms with Crippen LogP contribution in [0.15, 0.2) is 12.4 Å². The molecule has 6 nitrogen and oxygen atoms in total. The molecule has 1 aromatic rings. The summed E-state index contributed by atoms with van der Waals surface area (Å²) < 4.78 is 36.2. The lowest BCUT2D eigenvalue weighted by molar-refractivity contribution is -0.153. The highest BCUT2D eigenvalue weighted by atomic mass is 19.4. The fraction of sp³-hybridized carbons (Fsp3) is 0.375. The van der Waals surface area contributed by atoms with E-state index in [1.54, 1.807) is 0 Å². The molecule has 0 aliphatic heterocycles. The molecule has 2 unspecified atom stereocenters. The van der Waals surface area contributed by atoms with Gasteiger partial charge < -0.3 is 15.3 Å². The Kier molecular flexibility index (Phi) is 3.63. The van der Waals surface area contributed by atoms with Crippen LogP contribution in [0.1, 0.15) is 17.5 Å². The van der Waals surface area contributed by atoms with Gasteiger partial charge in [-0.15, -0.1) is 0 Å². The highest BCUT2D eigenvalue weighted by molar-refractivity contribution is 5.72. The molecule has 0 saturated heterocycles. The number of hydrogen-bond acceptors (Lipinski definition) is 5. The monoisotopic (exact) mass is 252 g/mol. The average Bonchev–Trinajstić information content (AvgIpc) is 2.26. The van der Waals surface area contributed by atoms with E-state index >= 15 is 0 Å². The third-order valence-corrected chi connectivity index (χ3v) is 1.82. The number of alkyl halides is 3. The van der Waals surface area contributed by atoms with Gasteiger partial charge in [0.25, 0.3) is 0 Å². The summed E-state index contributed by atoms with van der Waals surface area (Å²) in [4.78, 5) is 16.1. The van der Waals surface area contributed by atoms with Crippen molar-refractivity contribution in [2.75, 3.05) is 0 Å². The van der Waals surface area contributed by atoms with Crippen molar-refractivity contribution in [3.05, 3.63) is 23.8 Å². The van der Waals surface area contributed by atoms with Crippen LogP contribution in [0, 0.1) is 0 Å². The molecule has 1 aromatic heterocycles. The first-order valence-electron chi connectivity index (χ1n) is 4.21. The zero-order chi connectivity index (χ0) is 13.2. The molecule has 0 saturated carbocycles. The maximum Gasteiger partial charge on any atom is 0.451 e. The van der Waals surface area contributed by atoms with Crippen LogP contribution in [0.4, 0.5) is 13.2 Å². The molecule has 0 aliphatic carbocycles. The molecular weight excluding hydrogens is 245 g/mol. The van der Waals surface area contributed by atoms with Crippen LogP contribution < -0.4 is 0 Å². The Labute approximate surface area is 92.4 Å². The van der Waals surface area contributed by atoms with E-state index in [0.717, 1.165) is 0 Å². The molecule has 1 rings (SSSR count). The Hall–Kier alpha value is -1.74. The lowest BCUT2D eigenvalue weighted by atomic mass is 10.1. The molecule has 9 heteroatoms. The van der Waals surface area contributed by atoms with Gasteiger partial charge in [0.1, 0.15) is 6.10 Å². The number of carboxylic acid groups (broad SMARTS) is 1. The SMILES string of the molecule is O=C(O)C(O)C(O)c1cnc(C(F)(F)F)nc1. The van der Waals surface area contributed by atoms with Crippen LogP contribution in [-0.4, -0.2) is 37.4 Å². The predicted molar refractivity (Wildman–Crippen MR) is 45.6 cm³/mol. The van der Waals surface area contributed by atoms with Crippen molar-refractivity contribution in [2.24, 2.45) is 0 Å². The van der Waals surface area contributed by atoms with Crippen molar-refractivity contribution in [1.82, 2.24) is 9.97 Å². The number of nitrogens with zero attached hydrogens (tertiary/aromatic N) is 2. The maximum absolute atomic E-state index is 12.1. The van der Waals surface area contributed by atoms with E-state index in [1.807, 2.05) is 0 Å². The topological polar surface area (TPSA) is 104 Å². The Bertz CT molecular complexity index is 406. The zero-order valence-electron chi connectivity index (χ0n) is 8.09. The van der Waals surface area contributed by atoms with E-state index in [2.05, 4.69) is 9.97 Å². The Balaban J connectivity index is 2.92. The Morgan fingerprint density at radius 3 is 2.06 bits per heavy atom. The second kappa shape index (κ2) is 4.63. The van der Waals surface area contributed by atoms with E-state index in [-0.39, 0.29) is 5.56 Å². The number of aliphatic hydroxyl groups is 2. The van der Waals surface area contributed by atoms with Crippen LogP contribution in [0.2, 0.25) is 0 Å². The molecule has 0 spiro atoms. The van der Waals surface area contributed by atoms with Crippen molar-refractivity contribution in [2.45, 2.75) is 18.4 Å². The molecular formula is C8H7F3N2O4. The van der Waals surface area contributed by atoms with E-state index in [9.17, 15) is 23.1 Å². The molecule has 2 atom stereocenters. The molecule has 17 heavy (non-hydrogen) atoms. The van der Waals surface area contributed by atoms with Gasteiger partial charge in [-0.25, -0.2) is 14.8 Å². The minimum Gasteiger partial charge on any atom is -0.479 e. The third kappa shape index (κ3) is 3.11.